The van der Waals surface area contributed by atoms with Gasteiger partial charge in [-0.15, -0.1) is 0 Å². The Bertz CT molecular complexity index is 910. The number of amides is 3. The summed E-state index contributed by atoms with van der Waals surface area (Å²) < 4.78 is 14.1. The predicted molar refractivity (Wildman–Crippen MR) is 96.3 cm³/mol. The van der Waals surface area contributed by atoms with Crippen LogP contribution in [0.1, 0.15) is 35.6 Å². The smallest absolute Gasteiger partial charge is 0.319 e. The van der Waals surface area contributed by atoms with Crippen molar-refractivity contribution >= 4 is 23.5 Å². The number of nitrogens with one attached hydrogen (secondary N) is 1. The molecule has 6 heteroatoms. The van der Waals surface area contributed by atoms with Crippen LogP contribution < -0.4 is 5.32 Å². The number of carbonyl (C=O) groups excluding carboxylic acids is 2. The fourth-order valence-electron chi connectivity index (χ4n) is 3.76. The predicted octanol–water partition coefficient (Wildman–Crippen LogP) is 3.94. The van der Waals surface area contributed by atoms with E-state index in [0.29, 0.717) is 0 Å². The Hall–Kier alpha value is -2.40. The Morgan fingerprint density at radius 2 is 1.96 bits per heavy atom. The van der Waals surface area contributed by atoms with E-state index in [1.807, 2.05) is 18.2 Å². The van der Waals surface area contributed by atoms with Crippen molar-refractivity contribution in [2.45, 2.75) is 38.3 Å². The van der Waals surface area contributed by atoms with Crippen LogP contribution in [0.4, 0.5) is 9.18 Å². The molecule has 0 unspecified atom stereocenters. The van der Waals surface area contributed by atoms with Gasteiger partial charge in [0.2, 0.25) is 0 Å². The van der Waals surface area contributed by atoms with Crippen LogP contribution >= 0.6 is 11.6 Å². The van der Waals surface area contributed by atoms with Crippen molar-refractivity contribution in [1.29, 1.82) is 0 Å². The Morgan fingerprint density at radius 1 is 1.19 bits per heavy atom. The van der Waals surface area contributed by atoms with Gasteiger partial charge in [0.1, 0.15) is 11.4 Å². The fraction of sp³-hybridized carbons (Fsp3) is 0.300. The third kappa shape index (κ3) is 2.58. The van der Waals surface area contributed by atoms with Crippen molar-refractivity contribution in [3.8, 4) is 0 Å². The van der Waals surface area contributed by atoms with E-state index in [1.54, 1.807) is 6.92 Å². The first-order valence-electron chi connectivity index (χ1n) is 8.59. The normalized spacial score (nSPS) is 21.9. The van der Waals surface area contributed by atoms with E-state index in [4.69, 9.17) is 11.6 Å². The van der Waals surface area contributed by atoms with Crippen LogP contribution in [0, 0.1) is 5.82 Å². The largest absolute Gasteiger partial charge is 0.325 e. The van der Waals surface area contributed by atoms with Crippen LogP contribution in [0.15, 0.2) is 36.4 Å². The molecule has 0 spiro atoms. The maximum Gasteiger partial charge on any atom is 0.325 e. The lowest BCUT2D eigenvalue weighted by Crippen LogP contribution is -2.41. The van der Waals surface area contributed by atoms with Crippen molar-refractivity contribution in [2.75, 3.05) is 0 Å². The van der Waals surface area contributed by atoms with Gasteiger partial charge in [0.25, 0.3) is 5.91 Å². The average Bonchev–Trinajstić information content (AvgIpc) is 3.15. The van der Waals surface area contributed by atoms with Crippen molar-refractivity contribution in [1.82, 2.24) is 10.2 Å². The molecule has 1 saturated heterocycles. The number of imide groups is 1. The summed E-state index contributed by atoms with van der Waals surface area (Å²) >= 11 is 6.05. The molecule has 1 fully saturated rings. The number of rotatable bonds is 3. The highest BCUT2D eigenvalue weighted by Crippen LogP contribution is 2.34. The third-order valence-corrected chi connectivity index (χ3v) is 5.68. The van der Waals surface area contributed by atoms with Crippen LogP contribution in [-0.2, 0) is 29.7 Å². The minimum absolute atomic E-state index is 0.135. The van der Waals surface area contributed by atoms with E-state index in [-0.39, 0.29) is 17.1 Å². The van der Waals surface area contributed by atoms with Gasteiger partial charge in [-0.05, 0) is 55.0 Å². The highest BCUT2D eigenvalue weighted by atomic mass is 35.5. The number of hydrogen-bond acceptors (Lipinski definition) is 2. The van der Waals surface area contributed by atoms with E-state index in [2.05, 4.69) is 5.32 Å². The summed E-state index contributed by atoms with van der Waals surface area (Å²) in [7, 11) is 0. The molecule has 4 nitrogen and oxygen atoms in total. The molecule has 0 radical (unpaired) electrons. The Balaban J connectivity index is 1.66. The number of hydrogen-bond donors (Lipinski definition) is 1. The number of nitrogens with zero attached hydrogens (tertiary/aromatic N) is 1. The van der Waals surface area contributed by atoms with E-state index >= 15 is 0 Å². The van der Waals surface area contributed by atoms with E-state index in [1.165, 1.54) is 29.3 Å². The summed E-state index contributed by atoms with van der Waals surface area (Å²) in [5.74, 6) is -0.941. The minimum Gasteiger partial charge on any atom is -0.319 e. The lowest BCUT2D eigenvalue weighted by Gasteiger charge is -2.23. The molecule has 1 atom stereocenters. The van der Waals surface area contributed by atoms with Gasteiger partial charge < -0.3 is 5.32 Å². The van der Waals surface area contributed by atoms with Gasteiger partial charge in [-0.3, -0.25) is 9.69 Å². The molecule has 0 saturated carbocycles. The van der Waals surface area contributed by atoms with Crippen molar-refractivity contribution in [2.24, 2.45) is 0 Å². The van der Waals surface area contributed by atoms with Gasteiger partial charge in [-0.25, -0.2) is 9.18 Å². The first-order chi connectivity index (χ1) is 12.4. The number of aryl methyl sites for hydroxylation is 2. The monoisotopic (exact) mass is 372 g/mol. The van der Waals surface area contributed by atoms with Crippen molar-refractivity contribution in [3.05, 3.63) is 69.5 Å². The molecular formula is C20H18ClFN2O2. The Labute approximate surface area is 155 Å². The molecule has 1 heterocycles. The lowest BCUT2D eigenvalue weighted by atomic mass is 9.89. The molecule has 134 valence electrons. The summed E-state index contributed by atoms with van der Waals surface area (Å²) in [6, 6.07) is 9.66. The molecule has 2 aromatic carbocycles. The highest BCUT2D eigenvalue weighted by molar-refractivity contribution is 6.31. The fourth-order valence-corrected chi connectivity index (χ4v) is 3.98. The summed E-state index contributed by atoms with van der Waals surface area (Å²) in [6.45, 7) is 1.49. The van der Waals surface area contributed by atoms with Gasteiger partial charge in [0.15, 0.2) is 0 Å². The zero-order chi connectivity index (χ0) is 18.5. The number of benzene rings is 2. The summed E-state index contributed by atoms with van der Waals surface area (Å²) in [6.07, 6.45) is 3.13. The molecule has 1 aliphatic carbocycles. The highest BCUT2D eigenvalue weighted by Gasteiger charge is 2.49. The number of carbonyl (C=O) groups is 2. The van der Waals surface area contributed by atoms with Crippen molar-refractivity contribution < 1.29 is 14.0 Å². The van der Waals surface area contributed by atoms with Crippen LogP contribution in [0.3, 0.4) is 0 Å². The SMILES string of the molecule is C[C@@]1(c2ccc3c(c2)CCC3)NC(=O)N(Cc2c(F)cccc2Cl)C1=O. The first-order valence-corrected chi connectivity index (χ1v) is 8.97. The standard InChI is InChI=1S/C20H18ClFN2O2/c1-20(14-9-8-12-4-2-5-13(12)10-14)18(25)24(19(26)23-20)11-15-16(21)6-3-7-17(15)22/h3,6-10H,2,4-5,11H2,1H3,(H,23,26)/t20-/m0/s1. The van der Waals surface area contributed by atoms with Crippen LogP contribution in [-0.4, -0.2) is 16.8 Å². The molecule has 2 aromatic rings. The molecule has 0 bridgehead atoms. The number of halogens is 2. The zero-order valence-electron chi connectivity index (χ0n) is 14.3. The molecule has 4 rings (SSSR count). The second-order valence-electron chi connectivity index (χ2n) is 6.98. The van der Waals surface area contributed by atoms with E-state index < -0.39 is 23.3 Å². The number of urea groups is 1. The van der Waals surface area contributed by atoms with Gasteiger partial charge in [0.05, 0.1) is 6.54 Å². The molecule has 26 heavy (non-hydrogen) atoms. The second kappa shape index (κ2) is 6.09. The third-order valence-electron chi connectivity index (χ3n) is 5.33. The van der Waals surface area contributed by atoms with Gasteiger partial charge >= 0.3 is 6.03 Å². The van der Waals surface area contributed by atoms with Gasteiger partial charge in [0, 0.05) is 10.6 Å². The summed E-state index contributed by atoms with van der Waals surface area (Å²) in [5.41, 5.74) is 2.24. The van der Waals surface area contributed by atoms with E-state index in [9.17, 15) is 14.0 Å². The topological polar surface area (TPSA) is 49.4 Å². The lowest BCUT2D eigenvalue weighted by molar-refractivity contribution is -0.131. The molecule has 3 amide bonds. The molecular weight excluding hydrogens is 355 g/mol. The van der Waals surface area contributed by atoms with Crippen LogP contribution in [0.5, 0.6) is 0 Å². The first kappa shape index (κ1) is 17.0. The Kier molecular flexibility index (Phi) is 3.99. The molecule has 1 aliphatic heterocycles. The molecule has 0 aromatic heterocycles. The minimum atomic E-state index is -1.16. The average molecular weight is 373 g/mol. The van der Waals surface area contributed by atoms with E-state index in [0.717, 1.165) is 29.7 Å². The quantitative estimate of drug-likeness (QED) is 0.830. The molecule has 2 aliphatic rings. The van der Waals surface area contributed by atoms with Gasteiger partial charge in [-0.2, -0.15) is 0 Å². The zero-order valence-corrected chi connectivity index (χ0v) is 15.1. The maximum atomic E-state index is 14.1. The van der Waals surface area contributed by atoms with Crippen LogP contribution in [0.2, 0.25) is 5.02 Å². The number of fused-ring (bicyclic) bond motifs is 1. The second-order valence-corrected chi connectivity index (χ2v) is 7.39. The van der Waals surface area contributed by atoms with Crippen molar-refractivity contribution in [3.63, 3.8) is 0 Å². The molecule has 1 N–H and O–H groups in total. The van der Waals surface area contributed by atoms with Crippen LogP contribution in [0.25, 0.3) is 0 Å². The maximum absolute atomic E-state index is 14.1. The van der Waals surface area contributed by atoms with Gasteiger partial charge in [-0.1, -0.05) is 35.9 Å². The summed E-state index contributed by atoms with van der Waals surface area (Å²) in [4.78, 5) is 26.5. The summed E-state index contributed by atoms with van der Waals surface area (Å²) in [5, 5.41) is 2.96. The Morgan fingerprint density at radius 3 is 2.73 bits per heavy atom.